The first-order valence-electron chi connectivity index (χ1n) is 7.44. The lowest BCUT2D eigenvalue weighted by Gasteiger charge is -2.32. The number of cyclic esters (lactones) is 1. The second kappa shape index (κ2) is 5.56. The third kappa shape index (κ3) is 2.97. The molecule has 0 amide bonds. The molecule has 2 aliphatic heterocycles. The molecule has 3 rings (SSSR count). The molecule has 2 N–H and O–H groups in total. The van der Waals surface area contributed by atoms with Gasteiger partial charge in [0, 0.05) is 18.9 Å². The highest BCUT2D eigenvalue weighted by Gasteiger charge is 2.32. The van der Waals surface area contributed by atoms with Gasteiger partial charge in [0.25, 0.3) is 0 Å². The average Bonchev–Trinajstić information content (AvgIpc) is 2.37. The van der Waals surface area contributed by atoms with Crippen LogP contribution < -0.4 is 0 Å². The fourth-order valence-corrected chi connectivity index (χ4v) is 3.26. The van der Waals surface area contributed by atoms with Gasteiger partial charge in [0.15, 0.2) is 0 Å². The van der Waals surface area contributed by atoms with Gasteiger partial charge in [-0.05, 0) is 37.8 Å². The van der Waals surface area contributed by atoms with E-state index in [1.54, 1.807) is 0 Å². The SMILES string of the molecule is C[C@@H]1CCC[C@H](C[C@@H]2Cc3cc(O)cc(O)c3C(=O)O2)O1. The van der Waals surface area contributed by atoms with Crippen molar-refractivity contribution in [3.63, 3.8) is 0 Å². The normalized spacial score (nSPS) is 28.8. The fourth-order valence-electron chi connectivity index (χ4n) is 3.26. The maximum absolute atomic E-state index is 12.0. The summed E-state index contributed by atoms with van der Waals surface area (Å²) >= 11 is 0. The molecule has 0 radical (unpaired) electrons. The topological polar surface area (TPSA) is 76.0 Å². The Morgan fingerprint density at radius 3 is 2.81 bits per heavy atom. The lowest BCUT2D eigenvalue weighted by molar-refractivity contribution is -0.0647. The summed E-state index contributed by atoms with van der Waals surface area (Å²) in [6.45, 7) is 2.06. The number of phenols is 2. The van der Waals surface area contributed by atoms with E-state index in [0.717, 1.165) is 25.3 Å². The molecule has 5 nitrogen and oxygen atoms in total. The average molecular weight is 292 g/mol. The highest BCUT2D eigenvalue weighted by molar-refractivity contribution is 5.95. The van der Waals surface area contributed by atoms with Crippen LogP contribution in [0.25, 0.3) is 0 Å². The van der Waals surface area contributed by atoms with Crippen LogP contribution in [0.3, 0.4) is 0 Å². The van der Waals surface area contributed by atoms with Crippen LogP contribution in [0.1, 0.15) is 48.5 Å². The van der Waals surface area contributed by atoms with E-state index in [0.29, 0.717) is 18.4 Å². The molecule has 1 aromatic carbocycles. The van der Waals surface area contributed by atoms with Gasteiger partial charge in [0.2, 0.25) is 0 Å². The molecular formula is C16H20O5. The number of phenolic OH excluding ortho intramolecular Hbond substituents is 2. The minimum Gasteiger partial charge on any atom is -0.508 e. The van der Waals surface area contributed by atoms with E-state index in [2.05, 4.69) is 6.92 Å². The number of carbonyl (C=O) groups is 1. The molecule has 0 saturated carbocycles. The van der Waals surface area contributed by atoms with Crippen LogP contribution in [0.15, 0.2) is 12.1 Å². The number of hydrogen-bond donors (Lipinski definition) is 2. The van der Waals surface area contributed by atoms with E-state index in [1.165, 1.54) is 6.07 Å². The molecule has 114 valence electrons. The van der Waals surface area contributed by atoms with E-state index in [4.69, 9.17) is 9.47 Å². The third-order valence-electron chi connectivity index (χ3n) is 4.20. The second-order valence-corrected chi connectivity index (χ2v) is 5.97. The summed E-state index contributed by atoms with van der Waals surface area (Å²) in [6, 6.07) is 2.68. The summed E-state index contributed by atoms with van der Waals surface area (Å²) in [7, 11) is 0. The largest absolute Gasteiger partial charge is 0.508 e. The van der Waals surface area contributed by atoms with Crippen molar-refractivity contribution in [1.82, 2.24) is 0 Å². The third-order valence-corrected chi connectivity index (χ3v) is 4.20. The van der Waals surface area contributed by atoms with Crippen LogP contribution >= 0.6 is 0 Å². The lowest BCUT2D eigenvalue weighted by Crippen LogP contribution is -2.34. The molecule has 2 heterocycles. The zero-order chi connectivity index (χ0) is 15.0. The van der Waals surface area contributed by atoms with Crippen molar-refractivity contribution in [3.8, 4) is 11.5 Å². The number of fused-ring (bicyclic) bond motifs is 1. The molecule has 5 heteroatoms. The number of hydrogen-bond acceptors (Lipinski definition) is 5. The second-order valence-electron chi connectivity index (χ2n) is 5.97. The van der Waals surface area contributed by atoms with Crippen molar-refractivity contribution in [3.05, 3.63) is 23.3 Å². The Balaban J connectivity index is 1.74. The summed E-state index contributed by atoms with van der Waals surface area (Å²) in [4.78, 5) is 12.0. The van der Waals surface area contributed by atoms with Gasteiger partial charge >= 0.3 is 5.97 Å². The molecule has 21 heavy (non-hydrogen) atoms. The van der Waals surface area contributed by atoms with Crippen LogP contribution in [0.5, 0.6) is 11.5 Å². The smallest absolute Gasteiger partial charge is 0.342 e. The Morgan fingerprint density at radius 2 is 2.05 bits per heavy atom. The first kappa shape index (κ1) is 14.2. The Kier molecular flexibility index (Phi) is 3.76. The first-order chi connectivity index (χ1) is 10.0. The molecule has 1 fully saturated rings. The Labute approximate surface area is 123 Å². The summed E-state index contributed by atoms with van der Waals surface area (Å²) in [5, 5.41) is 19.3. The predicted molar refractivity (Wildman–Crippen MR) is 75.5 cm³/mol. The van der Waals surface area contributed by atoms with Gasteiger partial charge in [-0.2, -0.15) is 0 Å². The van der Waals surface area contributed by atoms with Crippen LogP contribution in [-0.2, 0) is 15.9 Å². The quantitative estimate of drug-likeness (QED) is 0.819. The summed E-state index contributed by atoms with van der Waals surface area (Å²) in [6.07, 6.45) is 4.44. The number of esters is 1. The fraction of sp³-hybridized carbons (Fsp3) is 0.562. The molecule has 0 bridgehead atoms. The van der Waals surface area contributed by atoms with Gasteiger partial charge in [-0.1, -0.05) is 0 Å². The molecular weight excluding hydrogens is 272 g/mol. The van der Waals surface area contributed by atoms with Gasteiger partial charge in [-0.25, -0.2) is 4.79 Å². The van der Waals surface area contributed by atoms with E-state index in [1.807, 2.05) is 0 Å². The van der Waals surface area contributed by atoms with E-state index >= 15 is 0 Å². The van der Waals surface area contributed by atoms with Crippen LogP contribution in [0, 0.1) is 0 Å². The Morgan fingerprint density at radius 1 is 1.24 bits per heavy atom. The van der Waals surface area contributed by atoms with Crippen LogP contribution in [0.2, 0.25) is 0 Å². The van der Waals surface area contributed by atoms with E-state index in [9.17, 15) is 15.0 Å². The Hall–Kier alpha value is -1.75. The van der Waals surface area contributed by atoms with Crippen molar-refractivity contribution in [2.24, 2.45) is 0 Å². The van der Waals surface area contributed by atoms with E-state index < -0.39 is 5.97 Å². The minimum absolute atomic E-state index is 0.0396. The molecule has 1 saturated heterocycles. The van der Waals surface area contributed by atoms with Crippen molar-refractivity contribution in [2.45, 2.75) is 57.3 Å². The molecule has 1 aromatic rings. The zero-order valence-corrected chi connectivity index (χ0v) is 12.0. The number of ether oxygens (including phenoxy) is 2. The van der Waals surface area contributed by atoms with Crippen molar-refractivity contribution < 1.29 is 24.5 Å². The highest BCUT2D eigenvalue weighted by atomic mass is 16.5. The first-order valence-corrected chi connectivity index (χ1v) is 7.44. The standard InChI is InChI=1S/C16H20O5/c1-9-3-2-4-12(20-9)8-13-6-10-5-11(17)7-14(18)15(10)16(19)21-13/h5,7,9,12-13,17-18H,2-4,6,8H2,1H3/t9-,12-,13+/m1/s1. The van der Waals surface area contributed by atoms with Gasteiger partial charge in [-0.15, -0.1) is 0 Å². The number of carbonyl (C=O) groups excluding carboxylic acids is 1. The minimum atomic E-state index is -0.525. The summed E-state index contributed by atoms with van der Waals surface area (Å²) in [5.74, 6) is -0.791. The molecule has 0 aliphatic carbocycles. The van der Waals surface area contributed by atoms with Crippen LogP contribution in [0.4, 0.5) is 0 Å². The monoisotopic (exact) mass is 292 g/mol. The van der Waals surface area contributed by atoms with Gasteiger partial charge in [-0.3, -0.25) is 0 Å². The predicted octanol–water partition coefficient (Wildman–Crippen LogP) is 2.53. The number of aromatic hydroxyl groups is 2. The number of rotatable bonds is 2. The molecule has 2 aliphatic rings. The van der Waals surface area contributed by atoms with Gasteiger partial charge < -0.3 is 19.7 Å². The molecule has 3 atom stereocenters. The number of benzene rings is 1. The van der Waals surface area contributed by atoms with E-state index in [-0.39, 0.29) is 35.4 Å². The van der Waals surface area contributed by atoms with Crippen molar-refractivity contribution >= 4 is 5.97 Å². The van der Waals surface area contributed by atoms with Crippen molar-refractivity contribution in [1.29, 1.82) is 0 Å². The van der Waals surface area contributed by atoms with Crippen LogP contribution in [-0.4, -0.2) is 34.5 Å². The molecule has 0 aromatic heterocycles. The lowest BCUT2D eigenvalue weighted by atomic mass is 9.92. The maximum Gasteiger partial charge on any atom is 0.342 e. The highest BCUT2D eigenvalue weighted by Crippen LogP contribution is 2.34. The zero-order valence-electron chi connectivity index (χ0n) is 12.0. The van der Waals surface area contributed by atoms with Gasteiger partial charge in [0.05, 0.1) is 12.2 Å². The summed E-state index contributed by atoms with van der Waals surface area (Å²) in [5.41, 5.74) is 0.805. The maximum atomic E-state index is 12.0. The summed E-state index contributed by atoms with van der Waals surface area (Å²) < 4.78 is 11.3. The Bertz CT molecular complexity index is 554. The van der Waals surface area contributed by atoms with Gasteiger partial charge in [0.1, 0.15) is 23.2 Å². The molecule has 0 spiro atoms. The molecule has 0 unspecified atom stereocenters. The van der Waals surface area contributed by atoms with Crippen molar-refractivity contribution in [2.75, 3.05) is 0 Å².